The summed E-state index contributed by atoms with van der Waals surface area (Å²) in [4.78, 5) is 97.9. The van der Waals surface area contributed by atoms with Crippen LogP contribution in [0.25, 0.3) is 0 Å². The van der Waals surface area contributed by atoms with Gasteiger partial charge in [0.2, 0.25) is 0 Å². The fourth-order valence-corrected chi connectivity index (χ4v) is 5.87. The lowest BCUT2D eigenvalue weighted by Crippen LogP contribution is -2.65. The Kier molecular flexibility index (Phi) is 17.9. The molecule has 0 bridgehead atoms. The summed E-state index contributed by atoms with van der Waals surface area (Å²) >= 11 is 0. The fraction of sp³-hybridized carbons (Fsp3) is 0.778. The quantitative estimate of drug-likeness (QED) is 0.0906. The molecule has 0 aromatic carbocycles. The summed E-state index contributed by atoms with van der Waals surface area (Å²) in [5.74, 6) is -7.56. The average molecular weight is 811 g/mol. The standard InChI is InChI=1S/C36H54O20/c1-19(37)47-17-26-29(49-20(2)38)32(52-23(5)41)34(54-25(7)43)36(56-26)48-18-27-30(50-21(3)39)31(51-22(4)40)33(53-24(6)42)35(55-27)46-16-14-12-10-9-11-13-15-28(44)45-8/h26-27,29-36H,9-18H2,1-8H3/t26-,27-,29+,30-,31+,32+,33-,34-,35-,36?/m1/s1/i1D,2D,5D,7D. The Labute approximate surface area is 330 Å². The third-order valence-electron chi connectivity index (χ3n) is 8.01. The molecular weight excluding hydrogens is 752 g/mol. The highest BCUT2D eigenvalue weighted by molar-refractivity contribution is 5.70. The highest BCUT2D eigenvalue weighted by Gasteiger charge is 2.55. The highest BCUT2D eigenvalue weighted by Crippen LogP contribution is 2.33. The molecule has 2 aliphatic heterocycles. The first-order chi connectivity index (χ1) is 28.6. The molecule has 0 aromatic rings. The maximum atomic E-state index is 12.6. The predicted molar refractivity (Wildman–Crippen MR) is 184 cm³/mol. The first kappa shape index (κ1) is 41.2. The molecule has 0 amide bonds. The Bertz CT molecular complexity index is 1440. The topological polar surface area (TPSA) is 247 Å². The minimum absolute atomic E-state index is 0.0419. The van der Waals surface area contributed by atoms with Crippen LogP contribution in [0, 0.1) is 0 Å². The SMILES string of the molecule is [2H]CC(=O)OC[C@H]1OC(OC[C@H]2O[C@@H](OCCCCCCCCC(=O)OC)[C@H](OC(C)=O)[C@@H](OC(C)=O)[C@@H]2OC(C)=O)[C@H](OC(=O)C[2H])[C@@H](OC(=O)C[2H])[C@H]1OC(=O)C[2H]. The number of methoxy groups -OCH3 is 1. The fourth-order valence-electron chi connectivity index (χ4n) is 5.87. The van der Waals surface area contributed by atoms with E-state index in [2.05, 4.69) is 4.74 Å². The number of carbonyl (C=O) groups is 8. The molecule has 318 valence electrons. The molecule has 2 aliphatic rings. The van der Waals surface area contributed by atoms with Gasteiger partial charge in [-0.3, -0.25) is 38.4 Å². The van der Waals surface area contributed by atoms with Gasteiger partial charge in [0.05, 0.1) is 13.7 Å². The van der Waals surface area contributed by atoms with Crippen molar-refractivity contribution >= 4 is 47.8 Å². The van der Waals surface area contributed by atoms with Gasteiger partial charge < -0.3 is 56.8 Å². The summed E-state index contributed by atoms with van der Waals surface area (Å²) in [6.45, 7) is -2.00. The number of esters is 8. The van der Waals surface area contributed by atoms with E-state index in [1.54, 1.807) is 0 Å². The first-order valence-electron chi connectivity index (χ1n) is 20.4. The first-order valence-corrected chi connectivity index (χ1v) is 17.6. The second-order valence-corrected chi connectivity index (χ2v) is 12.5. The maximum Gasteiger partial charge on any atom is 0.305 e. The summed E-state index contributed by atoms with van der Waals surface area (Å²) in [6, 6.07) is 0. The zero-order valence-corrected chi connectivity index (χ0v) is 31.8. The summed E-state index contributed by atoms with van der Waals surface area (Å²) < 4.78 is 96.0. The van der Waals surface area contributed by atoms with E-state index in [-0.39, 0.29) is 12.6 Å². The van der Waals surface area contributed by atoms with E-state index in [9.17, 15) is 38.4 Å². The van der Waals surface area contributed by atoms with Crippen molar-refractivity contribution in [2.45, 2.75) is 155 Å². The largest absolute Gasteiger partial charge is 0.469 e. The summed E-state index contributed by atoms with van der Waals surface area (Å²) in [7, 11) is 1.32. The van der Waals surface area contributed by atoms with Crippen LogP contribution in [0.3, 0.4) is 0 Å². The van der Waals surface area contributed by atoms with E-state index in [0.29, 0.717) is 25.7 Å². The number of hydrogen-bond acceptors (Lipinski definition) is 20. The molecule has 56 heavy (non-hydrogen) atoms. The molecule has 2 fully saturated rings. The number of ether oxygens (including phenoxy) is 12. The van der Waals surface area contributed by atoms with E-state index in [1.807, 2.05) is 0 Å². The average Bonchev–Trinajstić information content (AvgIpc) is 3.21. The van der Waals surface area contributed by atoms with E-state index >= 15 is 0 Å². The molecule has 0 aliphatic carbocycles. The molecule has 2 rings (SSSR count). The molecule has 0 aromatic heterocycles. The van der Waals surface area contributed by atoms with Crippen LogP contribution in [-0.4, -0.2) is 136 Å². The molecule has 20 heteroatoms. The lowest BCUT2D eigenvalue weighted by molar-refractivity contribution is -0.334. The summed E-state index contributed by atoms with van der Waals surface area (Å²) in [5.41, 5.74) is 0. The molecule has 10 atom stereocenters. The van der Waals surface area contributed by atoms with Crippen LogP contribution < -0.4 is 0 Å². The predicted octanol–water partition coefficient (Wildman–Crippen LogP) is 1.53. The number of hydrogen-bond donors (Lipinski definition) is 0. The minimum atomic E-state index is -1.88. The molecule has 20 nitrogen and oxygen atoms in total. The van der Waals surface area contributed by atoms with Crippen LogP contribution in [-0.2, 0) is 95.2 Å². The van der Waals surface area contributed by atoms with Gasteiger partial charge in [0.15, 0.2) is 49.2 Å². The second kappa shape index (κ2) is 24.3. The number of rotatable bonds is 21. The molecule has 0 spiro atoms. The number of unbranched alkanes of at least 4 members (excludes halogenated alkanes) is 5. The number of carbonyl (C=O) groups excluding carboxylic acids is 8. The Hall–Kier alpha value is -4.40. The van der Waals surface area contributed by atoms with E-state index in [0.717, 1.165) is 40.0 Å². The zero-order chi connectivity index (χ0) is 44.8. The van der Waals surface area contributed by atoms with Crippen molar-refractivity contribution in [2.24, 2.45) is 0 Å². The van der Waals surface area contributed by atoms with Gasteiger partial charge >= 0.3 is 47.8 Å². The highest BCUT2D eigenvalue weighted by atomic mass is 16.8. The maximum absolute atomic E-state index is 12.6. The van der Waals surface area contributed by atoms with Gasteiger partial charge in [-0.2, -0.15) is 0 Å². The zero-order valence-electron chi connectivity index (χ0n) is 35.8. The Morgan fingerprint density at radius 2 is 0.893 bits per heavy atom. The van der Waals surface area contributed by atoms with Gasteiger partial charge in [0.1, 0.15) is 18.8 Å². The lowest BCUT2D eigenvalue weighted by atomic mass is 9.97. The van der Waals surface area contributed by atoms with Crippen LogP contribution in [0.1, 0.15) is 98.8 Å². The van der Waals surface area contributed by atoms with Crippen LogP contribution in [0.4, 0.5) is 0 Å². The van der Waals surface area contributed by atoms with Crippen LogP contribution in [0.5, 0.6) is 0 Å². The van der Waals surface area contributed by atoms with E-state index < -0.39 is 144 Å². The van der Waals surface area contributed by atoms with Crippen molar-refractivity contribution in [3.8, 4) is 0 Å². The van der Waals surface area contributed by atoms with Crippen molar-refractivity contribution in [2.75, 3.05) is 26.9 Å². The second-order valence-electron chi connectivity index (χ2n) is 12.5. The van der Waals surface area contributed by atoms with Crippen molar-refractivity contribution in [3.63, 3.8) is 0 Å². The van der Waals surface area contributed by atoms with Gasteiger partial charge in [-0.15, -0.1) is 0 Å². The lowest BCUT2D eigenvalue weighted by Gasteiger charge is -2.46. The summed E-state index contributed by atoms with van der Waals surface area (Å²) in [5, 5.41) is 0. The minimum Gasteiger partial charge on any atom is -0.469 e. The van der Waals surface area contributed by atoms with Crippen LogP contribution in [0.2, 0.25) is 0 Å². The molecule has 0 saturated carbocycles. The molecule has 2 heterocycles. The van der Waals surface area contributed by atoms with Gasteiger partial charge in [-0.25, -0.2) is 0 Å². The Morgan fingerprint density at radius 1 is 0.482 bits per heavy atom. The molecule has 0 radical (unpaired) electrons. The molecule has 0 N–H and O–H groups in total. The van der Waals surface area contributed by atoms with E-state index in [1.165, 1.54) is 7.11 Å². The molecule has 1 unspecified atom stereocenters. The molecular formula is C36H54O20. The van der Waals surface area contributed by atoms with Crippen molar-refractivity contribution in [3.05, 3.63) is 0 Å². The monoisotopic (exact) mass is 810 g/mol. The third kappa shape index (κ3) is 16.8. The van der Waals surface area contributed by atoms with E-state index in [4.69, 9.17) is 57.6 Å². The Morgan fingerprint density at radius 3 is 1.41 bits per heavy atom. The van der Waals surface area contributed by atoms with Gasteiger partial charge in [-0.05, 0) is 12.8 Å². The van der Waals surface area contributed by atoms with Gasteiger partial charge in [0, 0.05) is 66.9 Å². The van der Waals surface area contributed by atoms with Gasteiger partial charge in [0.25, 0.3) is 0 Å². The molecule has 2 saturated heterocycles. The van der Waals surface area contributed by atoms with Crippen LogP contribution in [0.15, 0.2) is 0 Å². The third-order valence-corrected chi connectivity index (χ3v) is 8.01. The summed E-state index contributed by atoms with van der Waals surface area (Å²) in [6.07, 6.45) is -12.0. The smallest absolute Gasteiger partial charge is 0.305 e. The van der Waals surface area contributed by atoms with Crippen molar-refractivity contribution in [1.82, 2.24) is 0 Å². The normalized spacial score (nSPS) is 28.1. The van der Waals surface area contributed by atoms with Crippen molar-refractivity contribution in [1.29, 1.82) is 0 Å². The van der Waals surface area contributed by atoms with Crippen molar-refractivity contribution < 1.29 is 101 Å². The Balaban J connectivity index is 2.49. The van der Waals surface area contributed by atoms with Gasteiger partial charge in [-0.1, -0.05) is 25.7 Å². The van der Waals surface area contributed by atoms with Crippen LogP contribution >= 0.6 is 0 Å².